The van der Waals surface area contributed by atoms with E-state index in [1.165, 1.54) is 6.07 Å². The van der Waals surface area contributed by atoms with Gasteiger partial charge in [-0.25, -0.2) is 4.68 Å². The van der Waals surface area contributed by atoms with E-state index in [9.17, 15) is 18.0 Å². The number of alkyl halides is 3. The maximum atomic E-state index is 13.0. The van der Waals surface area contributed by atoms with Gasteiger partial charge in [-0.2, -0.15) is 23.4 Å². The topological polar surface area (TPSA) is 64.7 Å². The average Bonchev–Trinajstić information content (AvgIpc) is 3.26. The van der Waals surface area contributed by atoms with Crippen LogP contribution in [0, 0.1) is 20.8 Å². The molecular formula is C24H22F3N5O. The summed E-state index contributed by atoms with van der Waals surface area (Å²) in [7, 11) is 0. The summed E-state index contributed by atoms with van der Waals surface area (Å²) in [5.41, 5.74) is 3.02. The molecule has 1 amide bonds. The Labute approximate surface area is 188 Å². The van der Waals surface area contributed by atoms with E-state index in [0.717, 1.165) is 17.8 Å². The second-order valence-corrected chi connectivity index (χ2v) is 7.77. The van der Waals surface area contributed by atoms with Crippen molar-refractivity contribution < 1.29 is 18.0 Å². The van der Waals surface area contributed by atoms with Gasteiger partial charge in [-0.3, -0.25) is 9.48 Å². The van der Waals surface area contributed by atoms with Crippen molar-refractivity contribution in [2.45, 2.75) is 33.5 Å². The molecule has 4 aromatic rings. The van der Waals surface area contributed by atoms with E-state index >= 15 is 0 Å². The van der Waals surface area contributed by atoms with E-state index in [1.807, 2.05) is 37.3 Å². The van der Waals surface area contributed by atoms with E-state index in [2.05, 4.69) is 15.5 Å². The summed E-state index contributed by atoms with van der Waals surface area (Å²) in [6, 6.07) is 16.3. The summed E-state index contributed by atoms with van der Waals surface area (Å²) < 4.78 is 42.2. The average molecular weight is 453 g/mol. The fourth-order valence-corrected chi connectivity index (χ4v) is 3.72. The molecule has 0 aliphatic rings. The number of halogens is 3. The first kappa shape index (κ1) is 22.3. The minimum absolute atomic E-state index is 0.148. The van der Waals surface area contributed by atoms with Gasteiger partial charge >= 0.3 is 6.18 Å². The summed E-state index contributed by atoms with van der Waals surface area (Å²) in [4.78, 5) is 13.0. The third-order valence-electron chi connectivity index (χ3n) is 5.33. The number of aryl methyl sites for hydroxylation is 2. The molecule has 170 valence electrons. The van der Waals surface area contributed by atoms with Gasteiger partial charge in [-0.05, 0) is 50.6 Å². The quantitative estimate of drug-likeness (QED) is 0.445. The summed E-state index contributed by atoms with van der Waals surface area (Å²) in [6.07, 6.45) is -4.41. The molecule has 0 radical (unpaired) electrons. The molecule has 0 fully saturated rings. The van der Waals surface area contributed by atoms with Crippen molar-refractivity contribution >= 4 is 11.7 Å². The summed E-state index contributed by atoms with van der Waals surface area (Å²) >= 11 is 0. The summed E-state index contributed by atoms with van der Waals surface area (Å²) in [5.74, 6) is -0.0355. The lowest BCUT2D eigenvalue weighted by atomic mass is 10.1. The summed E-state index contributed by atoms with van der Waals surface area (Å²) in [6.45, 7) is 5.51. The molecular weight excluding hydrogens is 431 g/mol. The Balaban J connectivity index is 1.54. The van der Waals surface area contributed by atoms with E-state index < -0.39 is 11.7 Å². The highest BCUT2D eigenvalue weighted by molar-refractivity contribution is 6.05. The van der Waals surface area contributed by atoms with E-state index in [0.29, 0.717) is 34.0 Å². The Morgan fingerprint density at radius 3 is 2.39 bits per heavy atom. The van der Waals surface area contributed by atoms with Crippen molar-refractivity contribution in [3.8, 4) is 5.69 Å². The van der Waals surface area contributed by atoms with Crippen LogP contribution in [0.15, 0.2) is 60.7 Å². The molecule has 9 heteroatoms. The zero-order valence-electron chi connectivity index (χ0n) is 18.3. The second kappa shape index (κ2) is 8.57. The number of carbonyl (C=O) groups is 1. The molecule has 0 atom stereocenters. The van der Waals surface area contributed by atoms with Crippen molar-refractivity contribution in [3.05, 3.63) is 94.4 Å². The van der Waals surface area contributed by atoms with Gasteiger partial charge in [0.25, 0.3) is 5.91 Å². The number of carbonyl (C=O) groups excluding carboxylic acids is 1. The fraction of sp³-hybridized carbons (Fsp3) is 0.208. The van der Waals surface area contributed by atoms with E-state index in [1.54, 1.807) is 35.3 Å². The first-order valence-electron chi connectivity index (χ1n) is 10.3. The largest absolute Gasteiger partial charge is 0.416 e. The minimum Gasteiger partial charge on any atom is -0.305 e. The third-order valence-corrected chi connectivity index (χ3v) is 5.33. The first-order valence-corrected chi connectivity index (χ1v) is 10.3. The predicted octanol–water partition coefficient (Wildman–Crippen LogP) is 5.31. The van der Waals surface area contributed by atoms with Gasteiger partial charge < -0.3 is 5.32 Å². The number of anilines is 1. The third kappa shape index (κ3) is 4.67. The molecule has 2 aromatic heterocycles. The van der Waals surface area contributed by atoms with Crippen LogP contribution in [-0.2, 0) is 12.7 Å². The van der Waals surface area contributed by atoms with Crippen molar-refractivity contribution in [3.63, 3.8) is 0 Å². The second-order valence-electron chi connectivity index (χ2n) is 7.77. The normalized spacial score (nSPS) is 11.6. The lowest BCUT2D eigenvalue weighted by molar-refractivity contribution is -0.137. The van der Waals surface area contributed by atoms with Crippen molar-refractivity contribution in [2.75, 3.05) is 5.32 Å². The lowest BCUT2D eigenvalue weighted by Gasteiger charge is -2.09. The van der Waals surface area contributed by atoms with Crippen molar-refractivity contribution in [1.82, 2.24) is 19.6 Å². The fourth-order valence-electron chi connectivity index (χ4n) is 3.72. The van der Waals surface area contributed by atoms with Crippen LogP contribution in [0.3, 0.4) is 0 Å². The van der Waals surface area contributed by atoms with E-state index in [4.69, 9.17) is 0 Å². The van der Waals surface area contributed by atoms with Crippen molar-refractivity contribution in [1.29, 1.82) is 0 Å². The molecule has 0 bridgehead atoms. The molecule has 1 N–H and O–H groups in total. The Bertz CT molecular complexity index is 1310. The van der Waals surface area contributed by atoms with Crippen LogP contribution >= 0.6 is 0 Å². The van der Waals surface area contributed by atoms with Crippen LogP contribution in [0.4, 0.5) is 19.0 Å². The van der Waals surface area contributed by atoms with Gasteiger partial charge in [-0.1, -0.05) is 30.3 Å². The molecule has 2 aromatic carbocycles. The van der Waals surface area contributed by atoms with Gasteiger partial charge in [0.15, 0.2) is 5.82 Å². The number of para-hydroxylation sites is 1. The monoisotopic (exact) mass is 453 g/mol. The van der Waals surface area contributed by atoms with E-state index in [-0.39, 0.29) is 12.5 Å². The Morgan fingerprint density at radius 1 is 0.970 bits per heavy atom. The van der Waals surface area contributed by atoms with Crippen LogP contribution in [0.2, 0.25) is 0 Å². The van der Waals surface area contributed by atoms with Crippen LogP contribution < -0.4 is 5.32 Å². The molecule has 0 unspecified atom stereocenters. The number of aromatic nitrogens is 4. The molecule has 6 nitrogen and oxygen atoms in total. The molecule has 0 saturated heterocycles. The molecule has 0 spiro atoms. The zero-order chi connectivity index (χ0) is 23.8. The molecule has 33 heavy (non-hydrogen) atoms. The number of rotatable bonds is 5. The molecule has 0 aliphatic heterocycles. The van der Waals surface area contributed by atoms with Crippen LogP contribution in [0.1, 0.15) is 38.6 Å². The number of benzene rings is 2. The Morgan fingerprint density at radius 2 is 1.70 bits per heavy atom. The highest BCUT2D eigenvalue weighted by Gasteiger charge is 2.30. The standard InChI is InChI=1S/C24H22F3N5O/c1-15-12-21(30-31(15)14-18-8-7-9-19(13-18)24(25,26)27)28-23(33)22-16(2)29-32(17(22)3)20-10-5-4-6-11-20/h4-13H,14H2,1-3H3,(H,28,30,33). The smallest absolute Gasteiger partial charge is 0.305 e. The predicted molar refractivity (Wildman–Crippen MR) is 119 cm³/mol. The summed E-state index contributed by atoms with van der Waals surface area (Å²) in [5, 5.41) is 11.6. The molecule has 4 rings (SSSR count). The van der Waals surface area contributed by atoms with Gasteiger partial charge in [0.05, 0.1) is 34.7 Å². The number of nitrogens with one attached hydrogen (secondary N) is 1. The highest BCUT2D eigenvalue weighted by Crippen LogP contribution is 2.30. The van der Waals surface area contributed by atoms with Crippen LogP contribution in [-0.4, -0.2) is 25.5 Å². The molecule has 0 aliphatic carbocycles. The molecule has 2 heterocycles. The first-order chi connectivity index (χ1) is 15.6. The minimum atomic E-state index is -4.41. The number of amides is 1. The Kier molecular flexibility index (Phi) is 5.80. The number of hydrogen-bond donors (Lipinski definition) is 1. The van der Waals surface area contributed by atoms with Gasteiger partial charge in [0, 0.05) is 11.8 Å². The number of hydrogen-bond acceptors (Lipinski definition) is 3. The highest BCUT2D eigenvalue weighted by atomic mass is 19.4. The maximum Gasteiger partial charge on any atom is 0.416 e. The van der Waals surface area contributed by atoms with Gasteiger partial charge in [0.2, 0.25) is 0 Å². The van der Waals surface area contributed by atoms with Crippen LogP contribution in [0.25, 0.3) is 5.69 Å². The Hall–Kier alpha value is -3.88. The van der Waals surface area contributed by atoms with Crippen LogP contribution in [0.5, 0.6) is 0 Å². The van der Waals surface area contributed by atoms with Gasteiger partial charge in [0.1, 0.15) is 0 Å². The molecule has 0 saturated carbocycles. The lowest BCUT2D eigenvalue weighted by Crippen LogP contribution is -2.15. The number of nitrogens with zero attached hydrogens (tertiary/aromatic N) is 4. The van der Waals surface area contributed by atoms with Gasteiger partial charge in [-0.15, -0.1) is 0 Å². The van der Waals surface area contributed by atoms with Crippen molar-refractivity contribution in [2.24, 2.45) is 0 Å². The zero-order valence-corrected chi connectivity index (χ0v) is 18.3. The maximum absolute atomic E-state index is 13.0. The SMILES string of the molecule is Cc1nn(-c2ccccc2)c(C)c1C(=O)Nc1cc(C)n(Cc2cccc(C(F)(F)F)c2)n1.